The third-order valence-electron chi connectivity index (χ3n) is 4.11. The van der Waals surface area contributed by atoms with Crippen molar-refractivity contribution in [3.63, 3.8) is 0 Å². The van der Waals surface area contributed by atoms with Gasteiger partial charge in [-0.05, 0) is 43.6 Å². The van der Waals surface area contributed by atoms with Gasteiger partial charge in [0.15, 0.2) is 17.3 Å². The van der Waals surface area contributed by atoms with Crippen molar-refractivity contribution >= 4 is 5.82 Å². The molecular weight excluding hydrogens is 304 g/mol. The minimum absolute atomic E-state index is 0.471. The van der Waals surface area contributed by atoms with Gasteiger partial charge in [-0.1, -0.05) is 6.07 Å². The Labute approximate surface area is 143 Å². The van der Waals surface area contributed by atoms with Crippen LogP contribution in [-0.4, -0.2) is 49.2 Å². The van der Waals surface area contributed by atoms with Crippen LogP contribution >= 0.6 is 0 Å². The molecule has 1 aliphatic rings. The van der Waals surface area contributed by atoms with E-state index in [0.29, 0.717) is 23.2 Å². The maximum absolute atomic E-state index is 6.04. The number of methoxy groups -OCH3 is 1. The number of nitrogens with zero attached hydrogens (tertiary/aromatic N) is 4. The van der Waals surface area contributed by atoms with Gasteiger partial charge in [0, 0.05) is 33.0 Å². The molecule has 2 heterocycles. The van der Waals surface area contributed by atoms with Gasteiger partial charge in [0.25, 0.3) is 5.88 Å². The quantitative estimate of drug-likeness (QED) is 0.813. The van der Waals surface area contributed by atoms with E-state index in [1.165, 1.54) is 18.4 Å². The minimum atomic E-state index is 0.471. The van der Waals surface area contributed by atoms with Crippen LogP contribution in [0.5, 0.6) is 17.4 Å². The van der Waals surface area contributed by atoms with Crippen LogP contribution in [0.15, 0.2) is 30.6 Å². The van der Waals surface area contributed by atoms with E-state index < -0.39 is 0 Å². The summed E-state index contributed by atoms with van der Waals surface area (Å²) in [6.45, 7) is 3.26. The van der Waals surface area contributed by atoms with Crippen molar-refractivity contribution < 1.29 is 9.47 Å². The largest absolute Gasteiger partial charge is 0.493 e. The zero-order valence-corrected chi connectivity index (χ0v) is 14.5. The normalized spacial score (nSPS) is 14.6. The first kappa shape index (κ1) is 16.5. The number of rotatable bonds is 6. The summed E-state index contributed by atoms with van der Waals surface area (Å²) in [4.78, 5) is 13.0. The lowest BCUT2D eigenvalue weighted by Gasteiger charge is -2.18. The van der Waals surface area contributed by atoms with Gasteiger partial charge >= 0.3 is 0 Å². The number of hydrogen-bond acceptors (Lipinski definition) is 6. The summed E-state index contributed by atoms with van der Waals surface area (Å²) in [5.74, 6) is 2.51. The van der Waals surface area contributed by atoms with E-state index in [4.69, 9.17) is 9.47 Å². The molecule has 3 rings (SSSR count). The molecule has 0 atom stereocenters. The lowest BCUT2D eigenvalue weighted by Crippen LogP contribution is -2.18. The van der Waals surface area contributed by atoms with Gasteiger partial charge in [-0.3, -0.25) is 4.90 Å². The molecule has 0 radical (unpaired) electrons. The standard InChI is InChI=1S/C18H24N4O2/c1-21(2)17-18(20-9-8-19-17)24-16-12-14(6-7-15(16)23-3)13-22-10-4-5-11-22/h6-9,12H,4-5,10-11,13H2,1-3H3. The summed E-state index contributed by atoms with van der Waals surface area (Å²) in [7, 11) is 5.47. The summed E-state index contributed by atoms with van der Waals surface area (Å²) < 4.78 is 11.5. The zero-order valence-electron chi connectivity index (χ0n) is 14.5. The number of anilines is 1. The van der Waals surface area contributed by atoms with Gasteiger partial charge in [-0.25, -0.2) is 9.97 Å². The van der Waals surface area contributed by atoms with Crippen LogP contribution in [0.4, 0.5) is 5.82 Å². The molecule has 1 fully saturated rings. The Morgan fingerprint density at radius 1 is 1.08 bits per heavy atom. The first-order valence-electron chi connectivity index (χ1n) is 8.23. The van der Waals surface area contributed by atoms with Gasteiger partial charge in [0.1, 0.15) is 0 Å². The average molecular weight is 328 g/mol. The zero-order chi connectivity index (χ0) is 16.9. The highest BCUT2D eigenvalue weighted by molar-refractivity contribution is 5.51. The third kappa shape index (κ3) is 3.76. The van der Waals surface area contributed by atoms with Crippen LogP contribution in [0.3, 0.4) is 0 Å². The van der Waals surface area contributed by atoms with Crippen LogP contribution in [0, 0.1) is 0 Å². The fourth-order valence-electron chi connectivity index (χ4n) is 2.90. The summed E-state index contributed by atoms with van der Waals surface area (Å²) >= 11 is 0. The summed E-state index contributed by atoms with van der Waals surface area (Å²) in [5.41, 5.74) is 1.21. The predicted octanol–water partition coefficient (Wildman–Crippen LogP) is 2.94. The van der Waals surface area contributed by atoms with Crippen LogP contribution in [0.25, 0.3) is 0 Å². The van der Waals surface area contributed by atoms with E-state index in [9.17, 15) is 0 Å². The maximum atomic E-state index is 6.04. The number of aromatic nitrogens is 2. The molecule has 0 saturated carbocycles. The first-order chi connectivity index (χ1) is 11.7. The van der Waals surface area contributed by atoms with Crippen molar-refractivity contribution in [3.05, 3.63) is 36.2 Å². The average Bonchev–Trinajstić information content (AvgIpc) is 3.08. The summed E-state index contributed by atoms with van der Waals surface area (Å²) in [5, 5.41) is 0. The van der Waals surface area contributed by atoms with Crippen molar-refractivity contribution in [2.75, 3.05) is 39.2 Å². The molecule has 0 unspecified atom stereocenters. The van der Waals surface area contributed by atoms with Crippen molar-refractivity contribution in [3.8, 4) is 17.4 Å². The Kier molecular flexibility index (Phi) is 5.15. The molecule has 24 heavy (non-hydrogen) atoms. The Bertz CT molecular complexity index is 684. The van der Waals surface area contributed by atoms with Crippen LogP contribution in [0.1, 0.15) is 18.4 Å². The lowest BCUT2D eigenvalue weighted by atomic mass is 10.2. The van der Waals surface area contributed by atoms with E-state index in [1.54, 1.807) is 19.5 Å². The Morgan fingerprint density at radius 3 is 2.54 bits per heavy atom. The maximum Gasteiger partial charge on any atom is 0.263 e. The molecule has 2 aromatic rings. The number of likely N-dealkylation sites (tertiary alicyclic amines) is 1. The van der Waals surface area contributed by atoms with Crippen LogP contribution in [0.2, 0.25) is 0 Å². The highest BCUT2D eigenvalue weighted by atomic mass is 16.5. The number of hydrogen-bond donors (Lipinski definition) is 0. The highest BCUT2D eigenvalue weighted by Crippen LogP contribution is 2.34. The smallest absolute Gasteiger partial charge is 0.263 e. The molecular formula is C18H24N4O2. The van der Waals surface area contributed by atoms with Crippen LogP contribution < -0.4 is 14.4 Å². The lowest BCUT2D eigenvalue weighted by molar-refractivity contribution is 0.329. The fraction of sp³-hybridized carbons (Fsp3) is 0.444. The third-order valence-corrected chi connectivity index (χ3v) is 4.11. The highest BCUT2D eigenvalue weighted by Gasteiger charge is 2.16. The molecule has 1 aromatic carbocycles. The molecule has 1 aliphatic heterocycles. The van der Waals surface area contributed by atoms with Crippen molar-refractivity contribution in [1.29, 1.82) is 0 Å². The van der Waals surface area contributed by atoms with Gasteiger partial charge in [-0.2, -0.15) is 0 Å². The van der Waals surface area contributed by atoms with E-state index >= 15 is 0 Å². The molecule has 6 nitrogen and oxygen atoms in total. The van der Waals surface area contributed by atoms with Gasteiger partial charge < -0.3 is 14.4 Å². The molecule has 1 saturated heterocycles. The topological polar surface area (TPSA) is 50.7 Å². The van der Waals surface area contributed by atoms with E-state index in [0.717, 1.165) is 19.6 Å². The molecule has 6 heteroatoms. The molecule has 0 bridgehead atoms. The second kappa shape index (κ2) is 7.49. The minimum Gasteiger partial charge on any atom is -0.493 e. The SMILES string of the molecule is COc1ccc(CN2CCCC2)cc1Oc1nccnc1N(C)C. The predicted molar refractivity (Wildman–Crippen MR) is 93.9 cm³/mol. The molecule has 0 aliphatic carbocycles. The van der Waals surface area contributed by atoms with Crippen molar-refractivity contribution in [2.45, 2.75) is 19.4 Å². The van der Waals surface area contributed by atoms with Gasteiger partial charge in [-0.15, -0.1) is 0 Å². The summed E-state index contributed by atoms with van der Waals surface area (Å²) in [6, 6.07) is 6.07. The summed E-state index contributed by atoms with van der Waals surface area (Å²) in [6.07, 6.45) is 5.85. The molecule has 0 spiro atoms. The van der Waals surface area contributed by atoms with Crippen LogP contribution in [-0.2, 0) is 6.54 Å². The second-order valence-corrected chi connectivity index (χ2v) is 6.15. The fourth-order valence-corrected chi connectivity index (χ4v) is 2.90. The monoisotopic (exact) mass is 328 g/mol. The molecule has 0 amide bonds. The van der Waals surface area contributed by atoms with Crippen molar-refractivity contribution in [1.82, 2.24) is 14.9 Å². The van der Waals surface area contributed by atoms with E-state index in [-0.39, 0.29) is 0 Å². The van der Waals surface area contributed by atoms with E-state index in [2.05, 4.69) is 20.9 Å². The Hall–Kier alpha value is -2.34. The van der Waals surface area contributed by atoms with Gasteiger partial charge in [0.2, 0.25) is 0 Å². The Morgan fingerprint density at radius 2 is 1.83 bits per heavy atom. The second-order valence-electron chi connectivity index (χ2n) is 6.15. The Balaban J connectivity index is 1.85. The van der Waals surface area contributed by atoms with E-state index in [1.807, 2.05) is 31.1 Å². The molecule has 128 valence electrons. The molecule has 0 N–H and O–H groups in total. The van der Waals surface area contributed by atoms with Gasteiger partial charge in [0.05, 0.1) is 7.11 Å². The number of ether oxygens (including phenoxy) is 2. The van der Waals surface area contributed by atoms with Crippen molar-refractivity contribution in [2.24, 2.45) is 0 Å². The number of benzene rings is 1. The first-order valence-corrected chi connectivity index (χ1v) is 8.23. The molecule has 1 aromatic heterocycles.